The van der Waals surface area contributed by atoms with Crippen molar-refractivity contribution < 1.29 is 13.2 Å². The second kappa shape index (κ2) is 5.73. The summed E-state index contributed by atoms with van der Waals surface area (Å²) < 4.78 is 33.1. The quantitative estimate of drug-likeness (QED) is 0.915. The molecule has 0 bridgehead atoms. The second-order valence-electron chi connectivity index (χ2n) is 5.64. The first-order chi connectivity index (χ1) is 9.29. The molecule has 0 amide bonds. The van der Waals surface area contributed by atoms with Crippen LogP contribution in [-0.2, 0) is 21.3 Å². The summed E-state index contributed by atoms with van der Waals surface area (Å²) in [5.74, 6) is 0. The lowest BCUT2D eigenvalue weighted by Crippen LogP contribution is -2.55. The maximum absolute atomic E-state index is 12.8. The molecule has 114 valence electrons. The van der Waals surface area contributed by atoms with Crippen LogP contribution in [0.25, 0.3) is 0 Å². The van der Waals surface area contributed by atoms with Crippen LogP contribution in [0.2, 0.25) is 0 Å². The first-order valence-corrected chi connectivity index (χ1v) is 8.89. The molecule has 0 unspecified atom stereocenters. The van der Waals surface area contributed by atoms with Gasteiger partial charge in [0.15, 0.2) is 0 Å². The molecule has 5 nitrogen and oxygen atoms in total. The van der Waals surface area contributed by atoms with Gasteiger partial charge in [0.05, 0.1) is 18.8 Å². The van der Waals surface area contributed by atoms with Crippen LogP contribution in [0.5, 0.6) is 0 Å². The molecule has 0 saturated carbocycles. The van der Waals surface area contributed by atoms with Gasteiger partial charge in [-0.1, -0.05) is 0 Å². The van der Waals surface area contributed by atoms with Gasteiger partial charge < -0.3 is 10.1 Å². The SMILES string of the molecule is CNCc1sc(S(=O)(=O)N2CCOCC2(C)C)cc1C. The van der Waals surface area contributed by atoms with Crippen LogP contribution >= 0.6 is 11.3 Å². The van der Waals surface area contributed by atoms with Crippen LogP contribution in [0.15, 0.2) is 10.3 Å². The first kappa shape index (κ1) is 15.9. The van der Waals surface area contributed by atoms with Gasteiger partial charge in [0, 0.05) is 18.0 Å². The Morgan fingerprint density at radius 1 is 1.50 bits per heavy atom. The topological polar surface area (TPSA) is 58.6 Å². The number of sulfonamides is 1. The number of nitrogens with zero attached hydrogens (tertiary/aromatic N) is 1. The molecule has 1 aromatic heterocycles. The lowest BCUT2D eigenvalue weighted by molar-refractivity contribution is -0.00761. The Hall–Kier alpha value is -0.470. The maximum Gasteiger partial charge on any atom is 0.253 e. The van der Waals surface area contributed by atoms with Crippen LogP contribution in [0.1, 0.15) is 24.3 Å². The first-order valence-electron chi connectivity index (χ1n) is 6.63. The van der Waals surface area contributed by atoms with Crippen molar-refractivity contribution >= 4 is 21.4 Å². The molecule has 0 radical (unpaired) electrons. The number of morpholine rings is 1. The fraction of sp³-hybridized carbons (Fsp3) is 0.692. The number of rotatable bonds is 4. The van der Waals surface area contributed by atoms with E-state index < -0.39 is 15.6 Å². The third-order valence-corrected chi connectivity index (χ3v) is 7.25. The van der Waals surface area contributed by atoms with Crippen molar-refractivity contribution in [1.29, 1.82) is 0 Å². The minimum Gasteiger partial charge on any atom is -0.378 e. The Morgan fingerprint density at radius 3 is 2.80 bits per heavy atom. The predicted octanol–water partition coefficient (Wildman–Crippen LogP) is 1.58. The van der Waals surface area contributed by atoms with Gasteiger partial charge in [-0.25, -0.2) is 8.42 Å². The highest BCUT2D eigenvalue weighted by Crippen LogP contribution is 2.33. The van der Waals surface area contributed by atoms with Crippen LogP contribution in [0, 0.1) is 6.92 Å². The van der Waals surface area contributed by atoms with E-state index in [-0.39, 0.29) is 0 Å². The number of thiophene rings is 1. The van der Waals surface area contributed by atoms with Gasteiger partial charge in [-0.05, 0) is 39.4 Å². The van der Waals surface area contributed by atoms with Crippen molar-refractivity contribution in [3.8, 4) is 0 Å². The van der Waals surface area contributed by atoms with Gasteiger partial charge in [0.25, 0.3) is 10.0 Å². The molecule has 0 aromatic carbocycles. The summed E-state index contributed by atoms with van der Waals surface area (Å²) in [6.07, 6.45) is 0. The molecular weight excluding hydrogens is 296 g/mol. The monoisotopic (exact) mass is 318 g/mol. The molecule has 1 N–H and O–H groups in total. The van der Waals surface area contributed by atoms with E-state index in [0.29, 0.717) is 30.5 Å². The molecule has 0 aliphatic carbocycles. The zero-order valence-corrected chi connectivity index (χ0v) is 14.0. The van der Waals surface area contributed by atoms with Crippen molar-refractivity contribution in [2.75, 3.05) is 26.8 Å². The minimum atomic E-state index is -3.45. The predicted molar refractivity (Wildman–Crippen MR) is 80.6 cm³/mol. The summed E-state index contributed by atoms with van der Waals surface area (Å²) in [5, 5.41) is 3.07. The molecular formula is C13H22N2O3S2. The van der Waals surface area contributed by atoms with Gasteiger partial charge in [-0.2, -0.15) is 4.31 Å². The smallest absolute Gasteiger partial charge is 0.253 e. The Balaban J connectivity index is 2.37. The lowest BCUT2D eigenvalue weighted by Gasteiger charge is -2.40. The highest BCUT2D eigenvalue weighted by molar-refractivity contribution is 7.91. The zero-order chi connectivity index (χ0) is 15.0. The van der Waals surface area contributed by atoms with Gasteiger partial charge in [-0.3, -0.25) is 0 Å². The van der Waals surface area contributed by atoms with Crippen molar-refractivity contribution in [3.63, 3.8) is 0 Å². The Bertz CT molecular complexity index is 578. The second-order valence-corrected chi connectivity index (χ2v) is 8.87. The molecule has 1 fully saturated rings. The van der Waals surface area contributed by atoms with E-state index in [9.17, 15) is 8.42 Å². The zero-order valence-electron chi connectivity index (χ0n) is 12.4. The van der Waals surface area contributed by atoms with E-state index >= 15 is 0 Å². The summed E-state index contributed by atoms with van der Waals surface area (Å²) in [6.45, 7) is 7.74. The summed E-state index contributed by atoms with van der Waals surface area (Å²) in [4.78, 5) is 1.07. The van der Waals surface area contributed by atoms with E-state index in [4.69, 9.17) is 4.74 Å². The van der Waals surface area contributed by atoms with E-state index in [1.54, 1.807) is 10.4 Å². The molecule has 0 atom stereocenters. The summed E-state index contributed by atoms with van der Waals surface area (Å²) in [5.41, 5.74) is 0.520. The molecule has 0 spiro atoms. The number of nitrogens with one attached hydrogen (secondary N) is 1. The highest BCUT2D eigenvalue weighted by Gasteiger charge is 2.40. The normalized spacial score (nSPS) is 20.2. The van der Waals surface area contributed by atoms with Crippen molar-refractivity contribution in [2.24, 2.45) is 0 Å². The van der Waals surface area contributed by atoms with Crippen LogP contribution < -0.4 is 5.32 Å². The average molecular weight is 318 g/mol. The Labute approximate surface area is 125 Å². The van der Waals surface area contributed by atoms with Crippen molar-refractivity contribution in [1.82, 2.24) is 9.62 Å². The van der Waals surface area contributed by atoms with Gasteiger partial charge >= 0.3 is 0 Å². The van der Waals surface area contributed by atoms with Crippen molar-refractivity contribution in [3.05, 3.63) is 16.5 Å². The minimum absolute atomic E-state index is 0.410. The third kappa shape index (κ3) is 2.92. The van der Waals surface area contributed by atoms with Gasteiger partial charge in [0.2, 0.25) is 0 Å². The fourth-order valence-electron chi connectivity index (χ4n) is 2.35. The van der Waals surface area contributed by atoms with E-state index in [1.165, 1.54) is 11.3 Å². The van der Waals surface area contributed by atoms with E-state index in [0.717, 1.165) is 10.4 Å². The molecule has 7 heteroatoms. The average Bonchev–Trinajstić information content (AvgIpc) is 2.71. The lowest BCUT2D eigenvalue weighted by atomic mass is 10.1. The van der Waals surface area contributed by atoms with Crippen LogP contribution in [0.3, 0.4) is 0 Å². The number of aryl methyl sites for hydroxylation is 1. The largest absolute Gasteiger partial charge is 0.378 e. The number of hydrogen-bond acceptors (Lipinski definition) is 5. The summed E-state index contributed by atoms with van der Waals surface area (Å²) >= 11 is 1.35. The van der Waals surface area contributed by atoms with Crippen LogP contribution in [-0.4, -0.2) is 45.1 Å². The van der Waals surface area contributed by atoms with Gasteiger partial charge in [0.1, 0.15) is 4.21 Å². The molecule has 1 aliphatic rings. The summed E-state index contributed by atoms with van der Waals surface area (Å²) in [7, 11) is -1.59. The Morgan fingerprint density at radius 2 is 2.20 bits per heavy atom. The Kier molecular flexibility index (Phi) is 4.56. The molecule has 2 heterocycles. The molecule has 1 aromatic rings. The van der Waals surface area contributed by atoms with E-state index in [1.807, 2.05) is 27.8 Å². The molecule has 1 saturated heterocycles. The number of ether oxygens (including phenoxy) is 1. The van der Waals surface area contributed by atoms with E-state index in [2.05, 4.69) is 5.32 Å². The third-order valence-electron chi connectivity index (χ3n) is 3.45. The molecule has 20 heavy (non-hydrogen) atoms. The maximum atomic E-state index is 12.8. The molecule has 2 rings (SSSR count). The summed E-state index contributed by atoms with van der Waals surface area (Å²) in [6, 6.07) is 1.78. The molecule has 1 aliphatic heterocycles. The highest BCUT2D eigenvalue weighted by atomic mass is 32.2. The van der Waals surface area contributed by atoms with Crippen LogP contribution in [0.4, 0.5) is 0 Å². The number of hydrogen-bond donors (Lipinski definition) is 1. The fourth-order valence-corrected chi connectivity index (χ4v) is 5.82. The van der Waals surface area contributed by atoms with Gasteiger partial charge in [-0.15, -0.1) is 11.3 Å². The van der Waals surface area contributed by atoms with Crippen molar-refractivity contribution in [2.45, 2.75) is 37.1 Å². The standard InChI is InChI=1S/C13H22N2O3S2/c1-10-7-12(19-11(10)8-14-4)20(16,17)15-5-6-18-9-13(15,2)3/h7,14H,5-6,8-9H2,1-4H3.